The summed E-state index contributed by atoms with van der Waals surface area (Å²) < 4.78 is 0. The largest absolute Gasteiger partial charge is 0.409 e. The number of amidine groups is 1. The van der Waals surface area contributed by atoms with Gasteiger partial charge in [0.25, 0.3) is 0 Å². The summed E-state index contributed by atoms with van der Waals surface area (Å²) in [6, 6.07) is 0. The number of nitrogens with zero attached hydrogens (tertiary/aromatic N) is 2. The van der Waals surface area contributed by atoms with Crippen molar-refractivity contribution in [1.29, 1.82) is 0 Å². The highest BCUT2D eigenvalue weighted by molar-refractivity contribution is 6.02. The Kier molecular flexibility index (Phi) is 5.80. The Labute approximate surface area is 121 Å². The fraction of sp³-hybridized carbons (Fsp3) is 0.857. The fourth-order valence-corrected chi connectivity index (χ4v) is 2.59. The van der Waals surface area contributed by atoms with Gasteiger partial charge in [-0.2, -0.15) is 0 Å². The standard InChI is InChI=1S/C14H28N4O2/c1-10(2)11(12(15)17-20)13(19)16-9-14(3)5-7-18(4)8-6-14/h10-11,20H,5-9H2,1-4H3,(H2,15,17)(H,16,19). The number of nitrogens with one attached hydrogen (secondary N) is 1. The predicted octanol–water partition coefficient (Wildman–Crippen LogP) is 0.853. The van der Waals surface area contributed by atoms with Crippen LogP contribution in [0.2, 0.25) is 0 Å². The van der Waals surface area contributed by atoms with Gasteiger partial charge in [-0.05, 0) is 44.3 Å². The van der Waals surface area contributed by atoms with Crippen molar-refractivity contribution in [3.05, 3.63) is 0 Å². The normalized spacial score (nSPS) is 21.8. The molecule has 0 aromatic heterocycles. The Bertz CT molecular complexity index is 360. The smallest absolute Gasteiger partial charge is 0.231 e. The molecule has 0 spiro atoms. The number of oxime groups is 1. The van der Waals surface area contributed by atoms with Gasteiger partial charge in [-0.1, -0.05) is 25.9 Å². The number of piperidine rings is 1. The summed E-state index contributed by atoms with van der Waals surface area (Å²) in [6.45, 7) is 8.73. The number of nitrogens with two attached hydrogens (primary N) is 1. The highest BCUT2D eigenvalue weighted by Crippen LogP contribution is 2.29. The molecule has 1 rings (SSSR count). The molecule has 4 N–H and O–H groups in total. The number of carbonyl (C=O) groups excluding carboxylic acids is 1. The second-order valence-corrected chi connectivity index (χ2v) is 6.58. The summed E-state index contributed by atoms with van der Waals surface area (Å²) in [5.41, 5.74) is 5.75. The van der Waals surface area contributed by atoms with Gasteiger partial charge in [-0.15, -0.1) is 0 Å². The Morgan fingerprint density at radius 2 is 2.00 bits per heavy atom. The third kappa shape index (κ3) is 4.37. The van der Waals surface area contributed by atoms with Crippen LogP contribution in [0.3, 0.4) is 0 Å². The number of amides is 1. The molecule has 0 aliphatic carbocycles. The monoisotopic (exact) mass is 284 g/mol. The summed E-state index contributed by atoms with van der Waals surface area (Å²) in [5.74, 6) is -0.757. The molecule has 0 bridgehead atoms. The third-order valence-electron chi connectivity index (χ3n) is 4.27. The molecule has 1 amide bonds. The molecular formula is C14H28N4O2. The molecule has 0 aromatic carbocycles. The molecule has 1 unspecified atom stereocenters. The molecule has 116 valence electrons. The van der Waals surface area contributed by atoms with Gasteiger partial charge in [-0.3, -0.25) is 4.79 Å². The molecular weight excluding hydrogens is 256 g/mol. The number of carbonyl (C=O) groups is 1. The van der Waals surface area contributed by atoms with Crippen LogP contribution in [0.25, 0.3) is 0 Å². The molecule has 1 heterocycles. The van der Waals surface area contributed by atoms with Gasteiger partial charge in [-0.25, -0.2) is 0 Å². The number of hydrogen-bond donors (Lipinski definition) is 3. The maximum atomic E-state index is 12.2. The van der Waals surface area contributed by atoms with E-state index in [9.17, 15) is 4.79 Å². The molecule has 1 fully saturated rings. The van der Waals surface area contributed by atoms with E-state index in [1.54, 1.807) is 0 Å². The van der Waals surface area contributed by atoms with Crippen LogP contribution in [0, 0.1) is 17.3 Å². The zero-order valence-electron chi connectivity index (χ0n) is 13.0. The molecule has 1 atom stereocenters. The fourth-order valence-electron chi connectivity index (χ4n) is 2.59. The number of rotatable bonds is 5. The van der Waals surface area contributed by atoms with Gasteiger partial charge >= 0.3 is 0 Å². The quantitative estimate of drug-likeness (QED) is 0.302. The zero-order valence-corrected chi connectivity index (χ0v) is 13.0. The molecule has 1 aliphatic heterocycles. The first-order valence-corrected chi connectivity index (χ1v) is 7.23. The van der Waals surface area contributed by atoms with Gasteiger partial charge in [0.2, 0.25) is 5.91 Å². The van der Waals surface area contributed by atoms with E-state index in [0.717, 1.165) is 25.9 Å². The first-order chi connectivity index (χ1) is 9.29. The molecule has 1 saturated heterocycles. The maximum Gasteiger partial charge on any atom is 0.231 e. The van der Waals surface area contributed by atoms with Crippen LogP contribution >= 0.6 is 0 Å². The van der Waals surface area contributed by atoms with Crippen molar-refractivity contribution in [3.63, 3.8) is 0 Å². The summed E-state index contributed by atoms with van der Waals surface area (Å²) in [6.07, 6.45) is 2.14. The van der Waals surface area contributed by atoms with E-state index in [0.29, 0.717) is 6.54 Å². The van der Waals surface area contributed by atoms with Crippen molar-refractivity contribution in [2.24, 2.45) is 28.1 Å². The minimum atomic E-state index is -0.574. The van der Waals surface area contributed by atoms with Crippen LogP contribution < -0.4 is 11.1 Å². The lowest BCUT2D eigenvalue weighted by Crippen LogP contribution is -2.47. The Morgan fingerprint density at radius 3 is 2.45 bits per heavy atom. The van der Waals surface area contributed by atoms with Crippen molar-refractivity contribution < 1.29 is 10.0 Å². The van der Waals surface area contributed by atoms with E-state index in [-0.39, 0.29) is 23.1 Å². The number of likely N-dealkylation sites (tertiary alicyclic amines) is 1. The molecule has 6 nitrogen and oxygen atoms in total. The van der Waals surface area contributed by atoms with Crippen LogP contribution in [-0.2, 0) is 4.79 Å². The Morgan fingerprint density at radius 1 is 1.45 bits per heavy atom. The first kappa shape index (κ1) is 16.8. The van der Waals surface area contributed by atoms with E-state index < -0.39 is 5.92 Å². The molecule has 0 saturated carbocycles. The van der Waals surface area contributed by atoms with Gasteiger partial charge in [0.15, 0.2) is 5.84 Å². The predicted molar refractivity (Wildman–Crippen MR) is 79.6 cm³/mol. The highest BCUT2D eigenvalue weighted by Gasteiger charge is 2.32. The zero-order chi connectivity index (χ0) is 15.3. The molecule has 6 heteroatoms. The van der Waals surface area contributed by atoms with Crippen LogP contribution in [0.4, 0.5) is 0 Å². The summed E-state index contributed by atoms with van der Waals surface area (Å²) in [4.78, 5) is 14.5. The van der Waals surface area contributed by atoms with Gasteiger partial charge in [0.05, 0.1) is 0 Å². The average Bonchev–Trinajstić information content (AvgIpc) is 2.40. The second-order valence-electron chi connectivity index (χ2n) is 6.58. The minimum absolute atomic E-state index is 0.00352. The Hall–Kier alpha value is -1.30. The van der Waals surface area contributed by atoms with Crippen molar-refractivity contribution in [1.82, 2.24) is 10.2 Å². The lowest BCUT2D eigenvalue weighted by molar-refractivity contribution is -0.124. The van der Waals surface area contributed by atoms with Gasteiger partial charge in [0.1, 0.15) is 5.92 Å². The van der Waals surface area contributed by atoms with Crippen molar-refractivity contribution in [2.45, 2.75) is 33.6 Å². The van der Waals surface area contributed by atoms with Crippen molar-refractivity contribution in [3.8, 4) is 0 Å². The van der Waals surface area contributed by atoms with Crippen molar-refractivity contribution >= 4 is 11.7 Å². The van der Waals surface area contributed by atoms with E-state index in [1.807, 2.05) is 13.8 Å². The summed E-state index contributed by atoms with van der Waals surface area (Å²) in [5, 5.41) is 14.7. The topological polar surface area (TPSA) is 91.0 Å². The van der Waals surface area contributed by atoms with E-state index in [4.69, 9.17) is 10.9 Å². The lowest BCUT2D eigenvalue weighted by Gasteiger charge is -2.38. The Balaban J connectivity index is 2.57. The number of hydrogen-bond acceptors (Lipinski definition) is 4. The van der Waals surface area contributed by atoms with Gasteiger partial charge in [0, 0.05) is 6.54 Å². The maximum absolute atomic E-state index is 12.2. The summed E-state index contributed by atoms with van der Waals surface area (Å²) in [7, 11) is 2.12. The van der Waals surface area contributed by atoms with Crippen molar-refractivity contribution in [2.75, 3.05) is 26.7 Å². The highest BCUT2D eigenvalue weighted by atomic mass is 16.4. The average molecular weight is 284 g/mol. The van der Waals surface area contributed by atoms with E-state index >= 15 is 0 Å². The lowest BCUT2D eigenvalue weighted by atomic mass is 9.80. The van der Waals surface area contributed by atoms with Crippen LogP contribution in [0.1, 0.15) is 33.6 Å². The minimum Gasteiger partial charge on any atom is -0.409 e. The molecule has 0 aromatic rings. The third-order valence-corrected chi connectivity index (χ3v) is 4.27. The van der Waals surface area contributed by atoms with Crippen LogP contribution in [0.15, 0.2) is 5.16 Å². The van der Waals surface area contributed by atoms with Crippen LogP contribution in [-0.4, -0.2) is 48.5 Å². The molecule has 0 radical (unpaired) electrons. The molecule has 20 heavy (non-hydrogen) atoms. The van der Waals surface area contributed by atoms with E-state index in [2.05, 4.69) is 29.3 Å². The van der Waals surface area contributed by atoms with Crippen LogP contribution in [0.5, 0.6) is 0 Å². The first-order valence-electron chi connectivity index (χ1n) is 7.23. The van der Waals surface area contributed by atoms with Gasteiger partial charge < -0.3 is 21.2 Å². The second kappa shape index (κ2) is 6.92. The van der Waals surface area contributed by atoms with E-state index in [1.165, 1.54) is 0 Å². The molecule has 1 aliphatic rings. The summed E-state index contributed by atoms with van der Waals surface area (Å²) >= 11 is 0. The SMILES string of the molecule is CC(C)C(C(=O)NCC1(C)CCN(C)CC1)C(N)=NO.